The van der Waals surface area contributed by atoms with E-state index in [9.17, 15) is 4.79 Å². The normalized spacial score (nSPS) is 21.9. The predicted molar refractivity (Wildman–Crippen MR) is 82.3 cm³/mol. The van der Waals surface area contributed by atoms with E-state index in [1.807, 2.05) is 32.0 Å². The van der Waals surface area contributed by atoms with Crippen molar-refractivity contribution >= 4 is 17.5 Å². The van der Waals surface area contributed by atoms with Crippen LogP contribution in [0, 0.1) is 0 Å². The Hall–Kier alpha value is -1.92. The van der Waals surface area contributed by atoms with Gasteiger partial charge in [-0.15, -0.1) is 5.10 Å². The molecule has 7 heteroatoms. The molecular weight excluding hydrogens is 304 g/mol. The fraction of sp³-hybridized carbons (Fsp3) is 0.400. The Morgan fingerprint density at radius 2 is 1.95 bits per heavy atom. The second-order valence-electron chi connectivity index (χ2n) is 5.47. The highest BCUT2D eigenvalue weighted by molar-refractivity contribution is 6.32. The van der Waals surface area contributed by atoms with Gasteiger partial charge in [0.25, 0.3) is 5.91 Å². The minimum absolute atomic E-state index is 0.0197. The van der Waals surface area contributed by atoms with Gasteiger partial charge in [0.15, 0.2) is 5.69 Å². The summed E-state index contributed by atoms with van der Waals surface area (Å²) in [5.41, 5.74) is 1.00. The molecule has 1 fully saturated rings. The van der Waals surface area contributed by atoms with Crippen molar-refractivity contribution in [1.82, 2.24) is 19.9 Å². The molecule has 2 atom stereocenters. The third-order valence-corrected chi connectivity index (χ3v) is 3.84. The molecule has 22 heavy (non-hydrogen) atoms. The van der Waals surface area contributed by atoms with Gasteiger partial charge in [-0.3, -0.25) is 4.79 Å². The van der Waals surface area contributed by atoms with Crippen LogP contribution in [-0.2, 0) is 4.74 Å². The average Bonchev–Trinajstić information content (AvgIpc) is 2.95. The second kappa shape index (κ2) is 6.06. The first-order valence-corrected chi connectivity index (χ1v) is 7.54. The molecule has 1 amide bonds. The van der Waals surface area contributed by atoms with E-state index in [4.69, 9.17) is 16.3 Å². The maximum absolute atomic E-state index is 12.5. The minimum atomic E-state index is -0.139. The van der Waals surface area contributed by atoms with Crippen LogP contribution in [0.15, 0.2) is 30.5 Å². The lowest BCUT2D eigenvalue weighted by Crippen LogP contribution is -2.48. The molecule has 0 bridgehead atoms. The Balaban J connectivity index is 1.82. The van der Waals surface area contributed by atoms with Crippen molar-refractivity contribution in [2.75, 3.05) is 13.1 Å². The number of carbonyl (C=O) groups is 1. The molecule has 0 spiro atoms. The molecule has 2 aromatic rings. The van der Waals surface area contributed by atoms with Crippen molar-refractivity contribution < 1.29 is 9.53 Å². The molecule has 2 heterocycles. The van der Waals surface area contributed by atoms with E-state index in [-0.39, 0.29) is 18.1 Å². The number of para-hydroxylation sites is 1. The molecule has 1 aliphatic rings. The third kappa shape index (κ3) is 2.98. The van der Waals surface area contributed by atoms with E-state index < -0.39 is 0 Å². The van der Waals surface area contributed by atoms with Crippen LogP contribution in [0.2, 0.25) is 5.02 Å². The summed E-state index contributed by atoms with van der Waals surface area (Å²) in [7, 11) is 0. The summed E-state index contributed by atoms with van der Waals surface area (Å²) in [6.45, 7) is 5.03. The fourth-order valence-corrected chi connectivity index (χ4v) is 2.85. The zero-order chi connectivity index (χ0) is 15.7. The zero-order valence-corrected chi connectivity index (χ0v) is 13.2. The average molecular weight is 321 g/mol. The number of hydrogen-bond donors (Lipinski definition) is 0. The van der Waals surface area contributed by atoms with E-state index in [0.717, 1.165) is 0 Å². The van der Waals surface area contributed by atoms with Gasteiger partial charge in [0, 0.05) is 13.1 Å². The van der Waals surface area contributed by atoms with Crippen LogP contribution in [0.25, 0.3) is 5.69 Å². The minimum Gasteiger partial charge on any atom is -0.372 e. The van der Waals surface area contributed by atoms with Crippen molar-refractivity contribution in [2.45, 2.75) is 26.1 Å². The van der Waals surface area contributed by atoms with Gasteiger partial charge < -0.3 is 9.64 Å². The maximum Gasteiger partial charge on any atom is 0.276 e. The number of rotatable bonds is 2. The number of aromatic nitrogens is 3. The number of morpholine rings is 1. The number of amides is 1. The summed E-state index contributed by atoms with van der Waals surface area (Å²) in [6, 6.07) is 7.29. The fourth-order valence-electron chi connectivity index (χ4n) is 2.62. The van der Waals surface area contributed by atoms with Crippen molar-refractivity contribution in [1.29, 1.82) is 0 Å². The van der Waals surface area contributed by atoms with Gasteiger partial charge in [-0.2, -0.15) is 0 Å². The van der Waals surface area contributed by atoms with Crippen LogP contribution in [0.1, 0.15) is 24.3 Å². The molecule has 0 aliphatic carbocycles. The summed E-state index contributed by atoms with van der Waals surface area (Å²) in [5.74, 6) is -0.139. The molecule has 1 aromatic heterocycles. The third-order valence-electron chi connectivity index (χ3n) is 3.52. The number of ether oxygens (including phenoxy) is 1. The highest BCUT2D eigenvalue weighted by Crippen LogP contribution is 2.19. The van der Waals surface area contributed by atoms with Gasteiger partial charge in [-0.25, -0.2) is 4.68 Å². The van der Waals surface area contributed by atoms with Gasteiger partial charge in [0.2, 0.25) is 0 Å². The van der Waals surface area contributed by atoms with Crippen LogP contribution >= 0.6 is 11.6 Å². The quantitative estimate of drug-likeness (QED) is 0.851. The van der Waals surface area contributed by atoms with Gasteiger partial charge >= 0.3 is 0 Å². The lowest BCUT2D eigenvalue weighted by molar-refractivity contribution is -0.0587. The standard InChI is InChI=1S/C15H17ClN4O2/c1-10-7-19(8-11(2)22-10)15(21)13-9-20(18-17-13)14-6-4-3-5-12(14)16/h3-6,9-11H,7-8H2,1-2H3. The number of benzene rings is 1. The summed E-state index contributed by atoms with van der Waals surface area (Å²) in [4.78, 5) is 14.3. The highest BCUT2D eigenvalue weighted by Gasteiger charge is 2.28. The van der Waals surface area contributed by atoms with Crippen LogP contribution in [0.4, 0.5) is 0 Å². The van der Waals surface area contributed by atoms with Crippen molar-refractivity contribution in [3.8, 4) is 5.69 Å². The molecule has 3 rings (SSSR count). The Bertz CT molecular complexity index is 678. The zero-order valence-electron chi connectivity index (χ0n) is 12.4. The first kappa shape index (κ1) is 15.0. The molecular formula is C15H17ClN4O2. The van der Waals surface area contributed by atoms with Gasteiger partial charge in [-0.1, -0.05) is 28.9 Å². The lowest BCUT2D eigenvalue weighted by atomic mass is 10.2. The Morgan fingerprint density at radius 1 is 1.27 bits per heavy atom. The predicted octanol–water partition coefficient (Wildman–Crippen LogP) is 2.17. The molecule has 0 saturated carbocycles. The molecule has 0 radical (unpaired) electrons. The summed E-state index contributed by atoms with van der Waals surface area (Å²) < 4.78 is 7.16. The van der Waals surface area contributed by atoms with Gasteiger partial charge in [-0.05, 0) is 26.0 Å². The molecule has 6 nitrogen and oxygen atoms in total. The van der Waals surface area contributed by atoms with E-state index in [2.05, 4.69) is 10.3 Å². The Morgan fingerprint density at radius 3 is 2.64 bits per heavy atom. The molecule has 1 saturated heterocycles. The molecule has 0 N–H and O–H groups in total. The topological polar surface area (TPSA) is 60.2 Å². The first-order valence-electron chi connectivity index (χ1n) is 7.16. The van der Waals surface area contributed by atoms with E-state index in [1.54, 1.807) is 17.2 Å². The van der Waals surface area contributed by atoms with Gasteiger partial charge in [0.1, 0.15) is 0 Å². The van der Waals surface area contributed by atoms with Crippen LogP contribution in [0.5, 0.6) is 0 Å². The van der Waals surface area contributed by atoms with Crippen LogP contribution < -0.4 is 0 Å². The molecule has 1 aromatic carbocycles. The van der Waals surface area contributed by atoms with Crippen molar-refractivity contribution in [3.05, 3.63) is 41.2 Å². The maximum atomic E-state index is 12.5. The number of halogens is 1. The monoisotopic (exact) mass is 320 g/mol. The highest BCUT2D eigenvalue weighted by atomic mass is 35.5. The summed E-state index contributed by atoms with van der Waals surface area (Å²) in [6.07, 6.45) is 1.64. The SMILES string of the molecule is CC1CN(C(=O)c2cn(-c3ccccc3Cl)nn2)CC(C)O1. The van der Waals surface area contributed by atoms with E-state index >= 15 is 0 Å². The molecule has 2 unspecified atom stereocenters. The summed E-state index contributed by atoms with van der Waals surface area (Å²) >= 11 is 6.13. The van der Waals surface area contributed by atoms with Crippen molar-refractivity contribution in [3.63, 3.8) is 0 Å². The number of hydrogen-bond acceptors (Lipinski definition) is 4. The Labute approximate surface area is 133 Å². The largest absolute Gasteiger partial charge is 0.372 e. The van der Waals surface area contributed by atoms with Gasteiger partial charge in [0.05, 0.1) is 29.1 Å². The number of nitrogens with zero attached hydrogens (tertiary/aromatic N) is 4. The van der Waals surface area contributed by atoms with E-state index in [0.29, 0.717) is 29.5 Å². The number of carbonyl (C=O) groups excluding carboxylic acids is 1. The first-order chi connectivity index (χ1) is 10.5. The van der Waals surface area contributed by atoms with E-state index in [1.165, 1.54) is 4.68 Å². The Kier molecular flexibility index (Phi) is 4.13. The smallest absolute Gasteiger partial charge is 0.276 e. The molecule has 116 valence electrons. The van der Waals surface area contributed by atoms with Crippen LogP contribution in [0.3, 0.4) is 0 Å². The second-order valence-corrected chi connectivity index (χ2v) is 5.87. The summed E-state index contributed by atoms with van der Waals surface area (Å²) in [5, 5.41) is 8.54. The van der Waals surface area contributed by atoms with Crippen LogP contribution in [-0.4, -0.2) is 51.1 Å². The van der Waals surface area contributed by atoms with Crippen molar-refractivity contribution in [2.24, 2.45) is 0 Å². The molecule has 1 aliphatic heterocycles. The lowest BCUT2D eigenvalue weighted by Gasteiger charge is -2.34.